The average Bonchev–Trinajstić information content (AvgIpc) is 2.10. The van der Waals surface area contributed by atoms with Crippen molar-refractivity contribution >= 4 is 38.1 Å². The van der Waals surface area contributed by atoms with Crippen molar-refractivity contribution in [2.75, 3.05) is 5.33 Å². The number of carbonyl (C=O) groups is 1. The summed E-state index contributed by atoms with van der Waals surface area (Å²) in [4.78, 5) is 14.7. The fraction of sp³-hybridized carbons (Fsp3) is 0.250. The number of pyridine rings is 1. The number of aldehydes is 1. The quantitative estimate of drug-likeness (QED) is 0.633. The number of carbonyl (C=O) groups excluding carboxylic acids is 1. The number of hydrogen-bond donors (Lipinski definition) is 0. The minimum absolute atomic E-state index is 0.141. The number of rotatable bonds is 3. The number of alkyl halides is 1. The second-order valence-corrected chi connectivity index (χ2v) is 3.86. The first kappa shape index (κ1) is 9.86. The number of hydrogen-bond acceptors (Lipinski definition) is 2. The number of aromatic nitrogens is 1. The maximum absolute atomic E-state index is 10.5. The van der Waals surface area contributed by atoms with Crippen molar-refractivity contribution in [1.82, 2.24) is 4.98 Å². The molecule has 2 nitrogen and oxygen atoms in total. The Hall–Kier alpha value is -0.220. The van der Waals surface area contributed by atoms with Gasteiger partial charge in [-0.05, 0) is 28.1 Å². The summed E-state index contributed by atoms with van der Waals surface area (Å²) in [6.07, 6.45) is 2.58. The fourth-order valence-corrected chi connectivity index (χ4v) is 1.51. The summed E-state index contributed by atoms with van der Waals surface area (Å²) < 4.78 is 0.922. The maximum Gasteiger partial charge on any atom is 0.129 e. The van der Waals surface area contributed by atoms with Gasteiger partial charge in [-0.15, -0.1) is 0 Å². The van der Waals surface area contributed by atoms with Gasteiger partial charge in [0.25, 0.3) is 0 Å². The molecule has 0 saturated carbocycles. The van der Waals surface area contributed by atoms with E-state index in [1.165, 1.54) is 0 Å². The second-order valence-electron chi connectivity index (χ2n) is 2.30. The molecule has 1 unspecified atom stereocenters. The highest BCUT2D eigenvalue weighted by molar-refractivity contribution is 9.10. The minimum Gasteiger partial charge on any atom is -0.303 e. The lowest BCUT2D eigenvalue weighted by Gasteiger charge is -2.04. The van der Waals surface area contributed by atoms with Crippen molar-refractivity contribution in [2.24, 2.45) is 0 Å². The Bertz CT molecular complexity index is 260. The highest BCUT2D eigenvalue weighted by Crippen LogP contribution is 2.15. The first-order valence-corrected chi connectivity index (χ1v) is 5.32. The lowest BCUT2D eigenvalue weighted by molar-refractivity contribution is -0.108. The third-order valence-electron chi connectivity index (χ3n) is 1.46. The van der Waals surface area contributed by atoms with E-state index >= 15 is 0 Å². The summed E-state index contributed by atoms with van der Waals surface area (Å²) in [5.74, 6) is -0.141. The monoisotopic (exact) mass is 291 g/mol. The molecule has 0 N–H and O–H groups in total. The topological polar surface area (TPSA) is 30.0 Å². The highest BCUT2D eigenvalue weighted by atomic mass is 79.9. The molecule has 0 amide bonds. The first-order chi connectivity index (χ1) is 5.77. The molecule has 12 heavy (non-hydrogen) atoms. The Kier molecular flexibility index (Phi) is 3.88. The van der Waals surface area contributed by atoms with Crippen LogP contribution in [0.5, 0.6) is 0 Å². The van der Waals surface area contributed by atoms with Gasteiger partial charge in [0.15, 0.2) is 0 Å². The third kappa shape index (κ3) is 2.38. The van der Waals surface area contributed by atoms with Crippen LogP contribution in [0.2, 0.25) is 0 Å². The molecule has 64 valence electrons. The standard InChI is InChI=1S/C8H7Br2NO/c9-3-6(5-12)8-2-1-7(10)4-11-8/h1-2,4-6H,3H2. The largest absolute Gasteiger partial charge is 0.303 e. The van der Waals surface area contributed by atoms with Crippen LogP contribution in [0.25, 0.3) is 0 Å². The number of nitrogens with zero attached hydrogens (tertiary/aromatic N) is 1. The molecule has 0 aliphatic carbocycles. The highest BCUT2D eigenvalue weighted by Gasteiger charge is 2.08. The summed E-state index contributed by atoms with van der Waals surface area (Å²) in [6, 6.07) is 3.71. The molecule has 1 aromatic rings. The van der Waals surface area contributed by atoms with Crippen LogP contribution in [0.4, 0.5) is 0 Å². The van der Waals surface area contributed by atoms with Gasteiger partial charge in [-0.2, -0.15) is 0 Å². The Balaban J connectivity index is 2.87. The zero-order chi connectivity index (χ0) is 8.97. The Morgan fingerprint density at radius 1 is 1.58 bits per heavy atom. The van der Waals surface area contributed by atoms with Gasteiger partial charge in [-0.1, -0.05) is 15.9 Å². The zero-order valence-corrected chi connectivity index (χ0v) is 9.38. The van der Waals surface area contributed by atoms with E-state index in [9.17, 15) is 4.79 Å². The first-order valence-electron chi connectivity index (χ1n) is 3.40. The summed E-state index contributed by atoms with van der Waals surface area (Å²) >= 11 is 6.52. The van der Waals surface area contributed by atoms with E-state index in [4.69, 9.17) is 0 Å². The SMILES string of the molecule is O=CC(CBr)c1ccc(Br)cn1. The molecule has 0 bridgehead atoms. The molecule has 1 aromatic heterocycles. The molecule has 0 aromatic carbocycles. The molecule has 0 saturated heterocycles. The van der Waals surface area contributed by atoms with Crippen LogP contribution in [-0.2, 0) is 4.79 Å². The van der Waals surface area contributed by atoms with E-state index in [1.54, 1.807) is 6.20 Å². The summed E-state index contributed by atoms with van der Waals surface area (Å²) in [5, 5.41) is 0.616. The average molecular weight is 293 g/mol. The van der Waals surface area contributed by atoms with Gasteiger partial charge in [-0.25, -0.2) is 0 Å². The van der Waals surface area contributed by atoms with Gasteiger partial charge >= 0.3 is 0 Å². The Morgan fingerprint density at radius 3 is 2.75 bits per heavy atom. The van der Waals surface area contributed by atoms with E-state index in [2.05, 4.69) is 36.8 Å². The van der Waals surface area contributed by atoms with Gasteiger partial charge in [0.1, 0.15) is 6.29 Å². The van der Waals surface area contributed by atoms with Crippen LogP contribution in [0, 0.1) is 0 Å². The molecule has 0 fully saturated rings. The summed E-state index contributed by atoms with van der Waals surface area (Å²) in [5.41, 5.74) is 0.796. The van der Waals surface area contributed by atoms with Crippen LogP contribution >= 0.6 is 31.9 Å². The van der Waals surface area contributed by atoms with Crippen LogP contribution in [0.1, 0.15) is 11.6 Å². The van der Waals surface area contributed by atoms with Gasteiger partial charge < -0.3 is 4.79 Å². The van der Waals surface area contributed by atoms with Crippen LogP contribution in [0.3, 0.4) is 0 Å². The Morgan fingerprint density at radius 2 is 2.33 bits per heavy atom. The van der Waals surface area contributed by atoms with Crippen LogP contribution in [-0.4, -0.2) is 16.6 Å². The van der Waals surface area contributed by atoms with Gasteiger partial charge in [0, 0.05) is 16.0 Å². The molecule has 0 aliphatic rings. The Labute approximate surface area is 87.6 Å². The molecule has 1 atom stereocenters. The van der Waals surface area contributed by atoms with Gasteiger partial charge in [0.2, 0.25) is 0 Å². The van der Waals surface area contributed by atoms with Crippen molar-refractivity contribution in [3.8, 4) is 0 Å². The third-order valence-corrected chi connectivity index (χ3v) is 2.63. The van der Waals surface area contributed by atoms with Crippen molar-refractivity contribution in [1.29, 1.82) is 0 Å². The molecular weight excluding hydrogens is 286 g/mol. The molecule has 0 radical (unpaired) electrons. The van der Waals surface area contributed by atoms with E-state index in [0.29, 0.717) is 5.33 Å². The van der Waals surface area contributed by atoms with Crippen LogP contribution in [0.15, 0.2) is 22.8 Å². The summed E-state index contributed by atoms with van der Waals surface area (Å²) in [6.45, 7) is 0. The molecular formula is C8H7Br2NO. The van der Waals surface area contributed by atoms with Crippen LogP contribution < -0.4 is 0 Å². The van der Waals surface area contributed by atoms with E-state index < -0.39 is 0 Å². The molecule has 4 heteroatoms. The smallest absolute Gasteiger partial charge is 0.129 e. The van der Waals surface area contributed by atoms with Crippen molar-refractivity contribution in [2.45, 2.75) is 5.92 Å². The lowest BCUT2D eigenvalue weighted by Crippen LogP contribution is -2.03. The molecule has 1 heterocycles. The number of halogens is 2. The predicted molar refractivity (Wildman–Crippen MR) is 54.5 cm³/mol. The molecule has 0 aliphatic heterocycles. The fourth-order valence-electron chi connectivity index (χ4n) is 0.792. The van der Waals surface area contributed by atoms with Crippen molar-refractivity contribution < 1.29 is 4.79 Å². The van der Waals surface area contributed by atoms with E-state index in [1.807, 2.05) is 12.1 Å². The predicted octanol–water partition coefficient (Wildman–Crippen LogP) is 2.52. The van der Waals surface area contributed by atoms with Gasteiger partial charge in [0.05, 0.1) is 11.6 Å². The van der Waals surface area contributed by atoms with Gasteiger partial charge in [-0.3, -0.25) is 4.98 Å². The second kappa shape index (κ2) is 4.72. The van der Waals surface area contributed by atoms with Crippen molar-refractivity contribution in [3.63, 3.8) is 0 Å². The van der Waals surface area contributed by atoms with E-state index in [-0.39, 0.29) is 5.92 Å². The minimum atomic E-state index is -0.141. The van der Waals surface area contributed by atoms with Crippen molar-refractivity contribution in [3.05, 3.63) is 28.5 Å². The summed E-state index contributed by atoms with van der Waals surface area (Å²) in [7, 11) is 0. The molecule has 0 spiro atoms. The zero-order valence-electron chi connectivity index (χ0n) is 6.21. The van der Waals surface area contributed by atoms with E-state index in [0.717, 1.165) is 16.5 Å². The molecule has 1 rings (SSSR count). The maximum atomic E-state index is 10.5. The normalized spacial score (nSPS) is 12.5. The lowest BCUT2D eigenvalue weighted by atomic mass is 10.1.